The summed E-state index contributed by atoms with van der Waals surface area (Å²) in [5.74, 6) is -1.23. The second-order valence-electron chi connectivity index (χ2n) is 6.26. The second kappa shape index (κ2) is 5.26. The van der Waals surface area contributed by atoms with Crippen molar-refractivity contribution in [3.05, 3.63) is 0 Å². The first kappa shape index (κ1) is 17.4. The summed E-state index contributed by atoms with van der Waals surface area (Å²) in [5.41, 5.74) is 0. The van der Waals surface area contributed by atoms with Crippen LogP contribution in [-0.4, -0.2) is 57.2 Å². The Morgan fingerprint density at radius 1 is 1.32 bits per heavy atom. The molecule has 1 saturated carbocycles. The number of hydrogen-bond donors (Lipinski definition) is 3. The average molecular weight is 405 g/mol. The number of nitrogens with zero attached hydrogens (tertiary/aromatic N) is 1. The van der Waals surface area contributed by atoms with E-state index in [1.807, 2.05) is 14.1 Å². The van der Waals surface area contributed by atoms with Gasteiger partial charge in [0.25, 0.3) is 0 Å². The highest BCUT2D eigenvalue weighted by Crippen LogP contribution is 2.62. The van der Waals surface area contributed by atoms with Crippen LogP contribution in [0.5, 0.6) is 0 Å². The molecule has 8 heteroatoms. The van der Waals surface area contributed by atoms with E-state index >= 15 is 0 Å². The minimum atomic E-state index is -4.64. The Labute approximate surface area is 129 Å². The Bertz CT molecular complexity index is 423. The SMILES string of the molecule is C[N+]1(C)CCCC2CC(C(=O)O)(P(=O)(O)O)CC21.[I-]. The van der Waals surface area contributed by atoms with Gasteiger partial charge < -0.3 is 43.4 Å². The lowest BCUT2D eigenvalue weighted by Crippen LogP contribution is -3.00. The Hall–Kier alpha value is 0.310. The number of carboxylic acids is 1. The van der Waals surface area contributed by atoms with E-state index in [-0.39, 0.29) is 48.8 Å². The summed E-state index contributed by atoms with van der Waals surface area (Å²) in [5, 5.41) is 7.46. The number of likely N-dealkylation sites (tertiary alicyclic amines) is 1. The molecule has 19 heavy (non-hydrogen) atoms. The molecule has 1 aliphatic carbocycles. The fourth-order valence-corrected chi connectivity index (χ4v) is 4.89. The van der Waals surface area contributed by atoms with Gasteiger partial charge in [0, 0.05) is 12.3 Å². The van der Waals surface area contributed by atoms with E-state index in [0.717, 1.165) is 19.4 Å². The largest absolute Gasteiger partial charge is 1.00 e. The maximum absolute atomic E-state index is 11.7. The van der Waals surface area contributed by atoms with Crippen molar-refractivity contribution in [2.24, 2.45) is 5.92 Å². The molecule has 3 unspecified atom stereocenters. The summed E-state index contributed by atoms with van der Waals surface area (Å²) in [6, 6.07) is 0.0440. The highest BCUT2D eigenvalue weighted by atomic mass is 127. The predicted molar refractivity (Wildman–Crippen MR) is 65.1 cm³/mol. The van der Waals surface area contributed by atoms with Crippen molar-refractivity contribution in [3.8, 4) is 0 Å². The van der Waals surface area contributed by atoms with Crippen molar-refractivity contribution in [2.45, 2.75) is 36.9 Å². The fraction of sp³-hybridized carbons (Fsp3) is 0.909. The Morgan fingerprint density at radius 2 is 1.89 bits per heavy atom. The van der Waals surface area contributed by atoms with Gasteiger partial charge >= 0.3 is 13.6 Å². The summed E-state index contributed by atoms with van der Waals surface area (Å²) in [6.45, 7) is 0.942. The van der Waals surface area contributed by atoms with Crippen molar-refractivity contribution in [2.75, 3.05) is 20.6 Å². The number of quaternary nitrogens is 1. The number of carboxylic acid groups (broad SMARTS) is 1. The second-order valence-corrected chi connectivity index (χ2v) is 8.21. The molecule has 1 heterocycles. The molecule has 1 aliphatic heterocycles. The van der Waals surface area contributed by atoms with E-state index < -0.39 is 18.7 Å². The molecule has 112 valence electrons. The van der Waals surface area contributed by atoms with E-state index in [4.69, 9.17) is 0 Å². The van der Waals surface area contributed by atoms with E-state index in [9.17, 15) is 24.3 Å². The zero-order chi connectivity index (χ0) is 13.8. The number of fused-ring (bicyclic) bond motifs is 1. The third kappa shape index (κ3) is 2.72. The van der Waals surface area contributed by atoms with Crippen LogP contribution < -0.4 is 24.0 Å². The van der Waals surface area contributed by atoms with Crippen molar-refractivity contribution in [1.29, 1.82) is 0 Å². The van der Waals surface area contributed by atoms with Gasteiger partial charge in [-0.3, -0.25) is 9.36 Å². The maximum Gasteiger partial charge on any atom is 0.343 e. The maximum atomic E-state index is 11.7. The van der Waals surface area contributed by atoms with Crippen molar-refractivity contribution in [1.82, 2.24) is 0 Å². The number of carbonyl (C=O) groups is 1. The first-order chi connectivity index (χ1) is 8.10. The number of piperidine rings is 1. The average Bonchev–Trinajstić information content (AvgIpc) is 2.58. The molecule has 0 radical (unpaired) electrons. The van der Waals surface area contributed by atoms with Gasteiger partial charge in [-0.15, -0.1) is 0 Å². The monoisotopic (exact) mass is 405 g/mol. The Morgan fingerprint density at radius 3 is 2.32 bits per heavy atom. The lowest BCUT2D eigenvalue weighted by Gasteiger charge is -2.43. The Balaban J connectivity index is 0.00000180. The van der Waals surface area contributed by atoms with E-state index in [0.29, 0.717) is 4.48 Å². The van der Waals surface area contributed by atoms with Crippen LogP contribution in [0.4, 0.5) is 0 Å². The summed E-state index contributed by atoms with van der Waals surface area (Å²) in [6.07, 6.45) is 2.07. The van der Waals surface area contributed by atoms with Gasteiger partial charge in [0.1, 0.15) is 0 Å². The number of rotatable bonds is 2. The molecule has 3 N–H and O–H groups in total. The van der Waals surface area contributed by atoms with Crippen LogP contribution in [0.1, 0.15) is 25.7 Å². The molecule has 1 saturated heterocycles. The fourth-order valence-electron chi connectivity index (χ4n) is 3.74. The van der Waals surface area contributed by atoms with Crippen LogP contribution in [0.15, 0.2) is 0 Å². The quantitative estimate of drug-likeness (QED) is 0.272. The molecule has 2 fully saturated rings. The molecule has 2 rings (SSSR count). The number of halogens is 1. The highest BCUT2D eigenvalue weighted by Gasteiger charge is 2.64. The standard InChI is InChI=1S/C11H20NO5P.HI/c1-12(2)5-3-4-8-6-11(10(13)14,7-9(8)12)18(15,16)17;/h8-9H,3-7H2,1-2H3,(H2-,13,14,15,16,17);1H. The Kier molecular flexibility index (Phi) is 4.80. The number of hydrogen-bond acceptors (Lipinski definition) is 2. The van der Waals surface area contributed by atoms with Gasteiger partial charge in [0.05, 0.1) is 26.7 Å². The van der Waals surface area contributed by atoms with E-state index in [1.165, 1.54) is 0 Å². The predicted octanol–water partition coefficient (Wildman–Crippen LogP) is -2.36. The third-order valence-electron chi connectivity index (χ3n) is 4.85. The van der Waals surface area contributed by atoms with Gasteiger partial charge in [0.15, 0.2) is 5.16 Å². The highest BCUT2D eigenvalue weighted by molar-refractivity contribution is 7.54. The van der Waals surface area contributed by atoms with Gasteiger partial charge in [-0.2, -0.15) is 0 Å². The molecule has 0 aromatic rings. The smallest absolute Gasteiger partial charge is 0.343 e. The van der Waals surface area contributed by atoms with Crippen LogP contribution in [-0.2, 0) is 9.36 Å². The van der Waals surface area contributed by atoms with Gasteiger partial charge in [-0.05, 0) is 19.3 Å². The zero-order valence-corrected chi connectivity index (χ0v) is 14.2. The normalized spacial score (nSPS) is 37.3. The molecule has 0 amide bonds. The van der Waals surface area contributed by atoms with Crippen LogP contribution in [0, 0.1) is 5.92 Å². The zero-order valence-electron chi connectivity index (χ0n) is 11.1. The molecule has 3 atom stereocenters. The molecule has 0 aromatic carbocycles. The first-order valence-electron chi connectivity index (χ1n) is 6.22. The summed E-state index contributed by atoms with van der Waals surface area (Å²) in [4.78, 5) is 30.4. The van der Waals surface area contributed by atoms with Crippen molar-refractivity contribution < 1.29 is 52.7 Å². The van der Waals surface area contributed by atoms with Gasteiger partial charge in [-0.1, -0.05) is 0 Å². The number of aliphatic carboxylic acids is 1. The van der Waals surface area contributed by atoms with Crippen molar-refractivity contribution >= 4 is 13.6 Å². The lowest BCUT2D eigenvalue weighted by atomic mass is 9.90. The molecule has 2 aliphatic rings. The van der Waals surface area contributed by atoms with E-state index in [2.05, 4.69) is 0 Å². The lowest BCUT2D eigenvalue weighted by molar-refractivity contribution is -0.923. The summed E-state index contributed by atoms with van der Waals surface area (Å²) >= 11 is 0. The van der Waals surface area contributed by atoms with Gasteiger partial charge in [-0.25, -0.2) is 0 Å². The third-order valence-corrected chi connectivity index (χ3v) is 6.53. The summed E-state index contributed by atoms with van der Waals surface area (Å²) < 4.78 is 12.3. The van der Waals surface area contributed by atoms with Crippen LogP contribution in [0.25, 0.3) is 0 Å². The minimum Gasteiger partial charge on any atom is -1.00 e. The summed E-state index contributed by atoms with van der Waals surface area (Å²) in [7, 11) is -0.595. The topological polar surface area (TPSA) is 94.8 Å². The van der Waals surface area contributed by atoms with Crippen LogP contribution in [0.3, 0.4) is 0 Å². The minimum absolute atomic E-state index is 0. The van der Waals surface area contributed by atoms with Crippen LogP contribution in [0.2, 0.25) is 0 Å². The first-order valence-corrected chi connectivity index (χ1v) is 7.83. The molecule has 0 bridgehead atoms. The molecular formula is C11H21INO5P. The molecular weight excluding hydrogens is 384 g/mol. The van der Waals surface area contributed by atoms with E-state index in [1.54, 1.807) is 0 Å². The molecule has 0 aromatic heterocycles. The molecule has 6 nitrogen and oxygen atoms in total. The van der Waals surface area contributed by atoms with Crippen LogP contribution >= 0.6 is 7.60 Å². The van der Waals surface area contributed by atoms with Gasteiger partial charge in [0.2, 0.25) is 0 Å². The molecule has 0 spiro atoms. The van der Waals surface area contributed by atoms with Crippen molar-refractivity contribution in [3.63, 3.8) is 0 Å².